The van der Waals surface area contributed by atoms with Crippen molar-refractivity contribution >= 4 is 15.9 Å². The van der Waals surface area contributed by atoms with E-state index in [9.17, 15) is 13.2 Å². The predicted octanol–water partition coefficient (Wildman–Crippen LogP) is 2.14. The summed E-state index contributed by atoms with van der Waals surface area (Å²) in [5.41, 5.74) is 0.849. The minimum atomic E-state index is -3.67. The summed E-state index contributed by atoms with van der Waals surface area (Å²) in [5.74, 6) is 1.04. The van der Waals surface area contributed by atoms with Crippen molar-refractivity contribution in [2.24, 2.45) is 0 Å². The largest absolute Gasteiger partial charge is 0.497 e. The van der Waals surface area contributed by atoms with Gasteiger partial charge in [-0.25, -0.2) is 8.42 Å². The molecule has 1 amide bonds. The zero-order valence-electron chi connectivity index (χ0n) is 18.0. The van der Waals surface area contributed by atoms with E-state index in [2.05, 4.69) is 0 Å². The number of carbonyl (C=O) groups excluding carboxylic acids is 1. The fourth-order valence-electron chi connectivity index (χ4n) is 3.24. The average Bonchev–Trinajstić information content (AvgIpc) is 2.80. The number of rotatable bonds is 8. The highest BCUT2D eigenvalue weighted by Gasteiger charge is 2.25. The van der Waals surface area contributed by atoms with Crippen molar-refractivity contribution in [2.45, 2.75) is 24.5 Å². The fourth-order valence-corrected chi connectivity index (χ4v) is 4.40. The van der Waals surface area contributed by atoms with Gasteiger partial charge in [0.05, 0.1) is 25.2 Å². The lowest BCUT2D eigenvalue weighted by Crippen LogP contribution is -2.46. The van der Waals surface area contributed by atoms with Crippen LogP contribution in [0, 0.1) is 0 Å². The van der Waals surface area contributed by atoms with Crippen LogP contribution in [-0.2, 0) is 26.1 Å². The van der Waals surface area contributed by atoms with E-state index >= 15 is 0 Å². The Hall–Kier alpha value is -2.62. The Morgan fingerprint density at radius 1 is 1.06 bits per heavy atom. The molecule has 0 aromatic heterocycles. The van der Waals surface area contributed by atoms with Crippen LogP contribution < -0.4 is 9.47 Å². The molecule has 0 aliphatic carbocycles. The molecule has 0 bridgehead atoms. The summed E-state index contributed by atoms with van der Waals surface area (Å²) < 4.78 is 43.2. The Labute approximate surface area is 183 Å². The number of morpholine rings is 1. The lowest BCUT2D eigenvalue weighted by Gasteiger charge is -2.29. The van der Waals surface area contributed by atoms with Gasteiger partial charge in [0.1, 0.15) is 11.5 Å². The number of hydrogen-bond acceptors (Lipinski definition) is 6. The van der Waals surface area contributed by atoms with Crippen LogP contribution in [0.15, 0.2) is 53.4 Å². The highest BCUT2D eigenvalue weighted by Crippen LogP contribution is 2.22. The highest BCUT2D eigenvalue weighted by atomic mass is 32.2. The van der Waals surface area contributed by atoms with Gasteiger partial charge in [-0.2, -0.15) is 4.31 Å². The van der Waals surface area contributed by atoms with Crippen molar-refractivity contribution in [1.82, 2.24) is 9.21 Å². The van der Waals surface area contributed by atoms with Crippen molar-refractivity contribution in [3.05, 3.63) is 54.1 Å². The van der Waals surface area contributed by atoms with E-state index in [1.165, 1.54) is 23.5 Å². The van der Waals surface area contributed by atoms with Crippen LogP contribution in [0.2, 0.25) is 0 Å². The molecular formula is C22H28N2O6S. The molecule has 1 aliphatic rings. The summed E-state index contributed by atoms with van der Waals surface area (Å²) in [6.07, 6.45) is -0.668. The quantitative estimate of drug-likeness (QED) is 0.615. The lowest BCUT2D eigenvalue weighted by molar-refractivity contribution is -0.142. The van der Waals surface area contributed by atoms with E-state index in [0.29, 0.717) is 37.8 Å². The van der Waals surface area contributed by atoms with Crippen molar-refractivity contribution < 1.29 is 27.4 Å². The Morgan fingerprint density at radius 3 is 2.23 bits per heavy atom. The van der Waals surface area contributed by atoms with Gasteiger partial charge in [0, 0.05) is 26.7 Å². The minimum absolute atomic E-state index is 0.112. The van der Waals surface area contributed by atoms with Crippen LogP contribution in [0.1, 0.15) is 12.5 Å². The topological polar surface area (TPSA) is 85.4 Å². The second kappa shape index (κ2) is 10.1. The summed E-state index contributed by atoms with van der Waals surface area (Å²) in [7, 11) is -0.558. The van der Waals surface area contributed by atoms with Gasteiger partial charge in [0.25, 0.3) is 5.91 Å². The number of amides is 1. The Morgan fingerprint density at radius 2 is 1.65 bits per heavy atom. The van der Waals surface area contributed by atoms with Gasteiger partial charge in [0.2, 0.25) is 10.0 Å². The summed E-state index contributed by atoms with van der Waals surface area (Å²) in [5, 5.41) is 0. The summed E-state index contributed by atoms with van der Waals surface area (Å²) in [6, 6.07) is 13.3. The Bertz CT molecular complexity index is 970. The zero-order valence-corrected chi connectivity index (χ0v) is 18.8. The monoisotopic (exact) mass is 448 g/mol. The van der Waals surface area contributed by atoms with Gasteiger partial charge in [-0.15, -0.1) is 0 Å². The molecule has 168 valence electrons. The number of sulfonamides is 1. The fraction of sp³-hybridized carbons (Fsp3) is 0.409. The number of ether oxygens (including phenoxy) is 3. The molecular weight excluding hydrogens is 420 g/mol. The molecule has 8 nitrogen and oxygen atoms in total. The van der Waals surface area contributed by atoms with E-state index < -0.39 is 16.1 Å². The lowest BCUT2D eigenvalue weighted by atomic mass is 10.2. The van der Waals surface area contributed by atoms with Crippen LogP contribution in [0.5, 0.6) is 11.5 Å². The molecule has 9 heteroatoms. The van der Waals surface area contributed by atoms with Crippen LogP contribution in [0.25, 0.3) is 0 Å². The molecule has 1 aliphatic heterocycles. The number of benzene rings is 2. The smallest absolute Gasteiger partial charge is 0.263 e. The molecule has 0 radical (unpaired) electrons. The molecule has 0 spiro atoms. The van der Waals surface area contributed by atoms with Crippen LogP contribution in [-0.4, -0.2) is 70.1 Å². The maximum absolute atomic E-state index is 12.9. The van der Waals surface area contributed by atoms with Crippen LogP contribution in [0.3, 0.4) is 0 Å². The normalized spacial score (nSPS) is 15.5. The predicted molar refractivity (Wildman–Crippen MR) is 116 cm³/mol. The molecule has 1 heterocycles. The van der Waals surface area contributed by atoms with Gasteiger partial charge in [-0.05, 0) is 48.9 Å². The maximum Gasteiger partial charge on any atom is 0.263 e. The Kier molecular flexibility index (Phi) is 7.53. The number of methoxy groups -OCH3 is 1. The first-order valence-corrected chi connectivity index (χ1v) is 11.5. The van der Waals surface area contributed by atoms with Gasteiger partial charge in [0.15, 0.2) is 6.10 Å². The van der Waals surface area contributed by atoms with E-state index in [1.807, 2.05) is 12.1 Å². The first kappa shape index (κ1) is 23.1. The molecule has 2 aromatic rings. The third-order valence-electron chi connectivity index (χ3n) is 5.08. The Balaban J connectivity index is 1.62. The molecule has 0 saturated carbocycles. The first-order valence-electron chi connectivity index (χ1n) is 10.0. The first-order chi connectivity index (χ1) is 14.8. The minimum Gasteiger partial charge on any atom is -0.497 e. The van der Waals surface area contributed by atoms with Crippen molar-refractivity contribution in [2.75, 3.05) is 40.5 Å². The van der Waals surface area contributed by atoms with Crippen molar-refractivity contribution in [3.63, 3.8) is 0 Å². The molecule has 1 fully saturated rings. The molecule has 1 atom stereocenters. The SMILES string of the molecule is COc1ccc(CN(C)S(=O)(=O)c2ccc(O[C@H](C)C(=O)N3CCOCC3)cc2)cc1. The van der Waals surface area contributed by atoms with E-state index in [4.69, 9.17) is 14.2 Å². The molecule has 31 heavy (non-hydrogen) atoms. The highest BCUT2D eigenvalue weighted by molar-refractivity contribution is 7.89. The molecule has 3 rings (SSSR count). The van der Waals surface area contributed by atoms with Crippen molar-refractivity contribution in [3.8, 4) is 11.5 Å². The standard InChI is InChI=1S/C22H28N2O6S/c1-17(22(25)24-12-14-29-15-13-24)30-20-8-10-21(11-9-20)31(26,27)23(2)16-18-4-6-19(28-3)7-5-18/h4-11,17H,12-16H2,1-3H3/t17-/m1/s1. The molecule has 0 unspecified atom stereocenters. The third-order valence-corrected chi connectivity index (χ3v) is 6.90. The zero-order chi connectivity index (χ0) is 22.4. The molecule has 2 aromatic carbocycles. The van der Waals surface area contributed by atoms with E-state index in [1.54, 1.807) is 43.2 Å². The second-order valence-corrected chi connectivity index (χ2v) is 9.32. The number of carbonyl (C=O) groups is 1. The average molecular weight is 449 g/mol. The number of nitrogens with zero attached hydrogens (tertiary/aromatic N) is 2. The van der Waals surface area contributed by atoms with Crippen LogP contribution in [0.4, 0.5) is 0 Å². The van der Waals surface area contributed by atoms with Gasteiger partial charge < -0.3 is 19.1 Å². The summed E-state index contributed by atoms with van der Waals surface area (Å²) >= 11 is 0. The van der Waals surface area contributed by atoms with Gasteiger partial charge in [-0.1, -0.05) is 12.1 Å². The van der Waals surface area contributed by atoms with Crippen molar-refractivity contribution in [1.29, 1.82) is 0 Å². The van der Waals surface area contributed by atoms with Gasteiger partial charge >= 0.3 is 0 Å². The summed E-state index contributed by atoms with van der Waals surface area (Å²) in [6.45, 7) is 4.05. The molecule has 0 N–H and O–H groups in total. The van der Waals surface area contributed by atoms with Gasteiger partial charge in [-0.3, -0.25) is 4.79 Å². The maximum atomic E-state index is 12.9. The van der Waals surface area contributed by atoms with E-state index in [0.717, 1.165) is 5.56 Å². The van der Waals surface area contributed by atoms with E-state index in [-0.39, 0.29) is 17.3 Å². The summed E-state index contributed by atoms with van der Waals surface area (Å²) in [4.78, 5) is 14.3. The van der Waals surface area contributed by atoms with Crippen LogP contribution >= 0.6 is 0 Å². The third kappa shape index (κ3) is 5.75. The number of hydrogen-bond donors (Lipinski definition) is 0. The molecule has 1 saturated heterocycles. The second-order valence-electron chi connectivity index (χ2n) is 7.28.